The minimum Gasteiger partial charge on any atom is -0.537 e. The lowest BCUT2D eigenvalue weighted by Crippen LogP contribution is -2.75. The Hall–Kier alpha value is -5.08. The predicted molar refractivity (Wildman–Crippen MR) is 222 cm³/mol. The van der Waals surface area contributed by atoms with Gasteiger partial charge in [-0.1, -0.05) is 177 Å². The van der Waals surface area contributed by atoms with Crippen LogP contribution in [-0.4, -0.2) is 16.4 Å². The molecule has 0 bridgehead atoms. The van der Waals surface area contributed by atoms with Crippen LogP contribution in [0.4, 0.5) is 0 Å². The van der Waals surface area contributed by atoms with Gasteiger partial charge in [0.05, 0.1) is 0 Å². The van der Waals surface area contributed by atoms with E-state index in [9.17, 15) is 0 Å². The number of ether oxygens (including phenoxy) is 1. The van der Waals surface area contributed by atoms with Crippen LogP contribution in [0.3, 0.4) is 0 Å². The smallest absolute Gasteiger partial charge is 0.280 e. The highest BCUT2D eigenvalue weighted by atomic mass is 32.2. The molecule has 0 saturated carbocycles. The molecular weight excluding hydrogens is 685 g/mol. The first kappa shape index (κ1) is 32.8. The average Bonchev–Trinajstić information content (AvgIpc) is 3.29. The molecule has 254 valence electrons. The van der Waals surface area contributed by atoms with Crippen molar-refractivity contribution in [2.45, 2.75) is 42.1 Å². The molecule has 52 heavy (non-hydrogen) atoms. The SMILES string of the molecule is CC1(C)c2ccccc2Sc2c(-c3cccc([Si](c4ccccc4)(c4ccccc4)c4cccc5c4Oc4ccccc4O[Si]5(C)C)c3)cccc21. The molecule has 0 N–H and O–H groups in total. The highest BCUT2D eigenvalue weighted by molar-refractivity contribution is 7.99. The number of rotatable bonds is 5. The van der Waals surface area contributed by atoms with Crippen molar-refractivity contribution in [1.82, 2.24) is 0 Å². The Labute approximate surface area is 313 Å². The standard InChI is InChI=1S/C47H40O2SSi2/c1-47(2)38-25-11-14-29-42(38)50-46-37(24-16-26-39(46)47)33-18-15-23-36(32-33)52(34-19-7-5-8-20-34,35-21-9-6-10-22-35)44-31-17-30-43-45(44)48-40-27-12-13-28-41(40)49-51(43,3)4/h5-32H,1-4H3. The Morgan fingerprint density at radius 2 is 1.15 bits per heavy atom. The van der Waals surface area contributed by atoms with Crippen molar-refractivity contribution in [1.29, 1.82) is 0 Å². The largest absolute Gasteiger partial charge is 0.537 e. The van der Waals surface area contributed by atoms with Crippen LogP contribution in [0.25, 0.3) is 11.1 Å². The number of para-hydroxylation sites is 3. The van der Waals surface area contributed by atoms with Gasteiger partial charge in [-0.15, -0.1) is 0 Å². The summed E-state index contributed by atoms with van der Waals surface area (Å²) in [5.41, 5.74) is 5.16. The highest BCUT2D eigenvalue weighted by Gasteiger charge is 2.47. The summed E-state index contributed by atoms with van der Waals surface area (Å²) < 4.78 is 14.0. The number of fused-ring (bicyclic) bond motifs is 4. The molecule has 5 heteroatoms. The number of hydrogen-bond donors (Lipinski definition) is 0. The fourth-order valence-corrected chi connectivity index (χ4v) is 17.1. The Morgan fingerprint density at radius 3 is 1.90 bits per heavy atom. The molecule has 0 spiro atoms. The first-order valence-corrected chi connectivity index (χ1v) is 23.7. The van der Waals surface area contributed by atoms with E-state index < -0.39 is 16.4 Å². The molecule has 0 amide bonds. The fraction of sp³-hybridized carbons (Fsp3) is 0.106. The third-order valence-corrected chi connectivity index (χ3v) is 19.4. The minimum atomic E-state index is -3.04. The lowest BCUT2D eigenvalue weighted by Gasteiger charge is -2.37. The molecule has 9 rings (SSSR count). The van der Waals surface area contributed by atoms with Gasteiger partial charge in [0.2, 0.25) is 0 Å². The molecule has 2 aliphatic heterocycles. The summed E-state index contributed by atoms with van der Waals surface area (Å²) in [6.45, 7) is 9.29. The van der Waals surface area contributed by atoms with E-state index in [1.165, 1.54) is 58.0 Å². The van der Waals surface area contributed by atoms with Crippen LogP contribution >= 0.6 is 11.8 Å². The lowest BCUT2D eigenvalue weighted by molar-refractivity contribution is 0.464. The Balaban J connectivity index is 1.34. The minimum absolute atomic E-state index is 0.106. The van der Waals surface area contributed by atoms with Gasteiger partial charge in [-0.05, 0) is 74.3 Å². The van der Waals surface area contributed by atoms with Gasteiger partial charge < -0.3 is 9.16 Å². The van der Waals surface area contributed by atoms with Gasteiger partial charge in [-0.25, -0.2) is 0 Å². The molecule has 0 saturated heterocycles. The lowest BCUT2D eigenvalue weighted by atomic mass is 9.77. The fourth-order valence-electron chi connectivity index (χ4n) is 8.43. The van der Waals surface area contributed by atoms with Gasteiger partial charge in [-0.3, -0.25) is 0 Å². The Bertz CT molecular complexity index is 2420. The summed E-state index contributed by atoms with van der Waals surface area (Å²) in [6, 6.07) is 62.4. The van der Waals surface area contributed by atoms with Crippen LogP contribution < -0.4 is 35.1 Å². The third kappa shape index (κ3) is 5.13. The predicted octanol–water partition coefficient (Wildman–Crippen LogP) is 9.12. The molecule has 0 atom stereocenters. The second-order valence-electron chi connectivity index (χ2n) is 14.8. The second-order valence-corrected chi connectivity index (χ2v) is 23.4. The van der Waals surface area contributed by atoms with Gasteiger partial charge in [0.1, 0.15) is 11.5 Å². The van der Waals surface area contributed by atoms with Crippen molar-refractivity contribution in [2.24, 2.45) is 0 Å². The molecule has 2 heterocycles. The molecule has 0 aromatic heterocycles. The summed E-state index contributed by atoms with van der Waals surface area (Å²) in [5.74, 6) is 2.52. The Morgan fingerprint density at radius 1 is 0.558 bits per heavy atom. The molecule has 0 aliphatic carbocycles. The summed E-state index contributed by atoms with van der Waals surface area (Å²) >= 11 is 1.90. The molecule has 7 aromatic carbocycles. The number of hydrogen-bond acceptors (Lipinski definition) is 3. The quantitative estimate of drug-likeness (QED) is 0.130. The van der Waals surface area contributed by atoms with E-state index in [4.69, 9.17) is 9.16 Å². The summed E-state index contributed by atoms with van der Waals surface area (Å²) in [6.07, 6.45) is 0. The normalized spacial score (nSPS) is 15.1. The highest BCUT2D eigenvalue weighted by Crippen LogP contribution is 2.52. The Kier molecular flexibility index (Phi) is 7.92. The van der Waals surface area contributed by atoms with Gasteiger partial charge in [0.15, 0.2) is 13.8 Å². The van der Waals surface area contributed by atoms with Crippen LogP contribution in [-0.2, 0) is 5.41 Å². The van der Waals surface area contributed by atoms with Crippen LogP contribution in [0.5, 0.6) is 17.2 Å². The van der Waals surface area contributed by atoms with Crippen molar-refractivity contribution < 1.29 is 9.16 Å². The topological polar surface area (TPSA) is 18.5 Å². The third-order valence-electron chi connectivity index (χ3n) is 11.0. The second kappa shape index (κ2) is 12.6. The van der Waals surface area contributed by atoms with Crippen LogP contribution in [0.2, 0.25) is 13.1 Å². The molecule has 0 radical (unpaired) electrons. The molecule has 2 nitrogen and oxygen atoms in total. The van der Waals surface area contributed by atoms with Crippen LogP contribution in [0.15, 0.2) is 180 Å². The average molecular weight is 725 g/mol. The van der Waals surface area contributed by atoms with E-state index >= 15 is 0 Å². The maximum absolute atomic E-state index is 7.13. The van der Waals surface area contributed by atoms with Gasteiger partial charge in [0.25, 0.3) is 8.32 Å². The molecule has 0 unspecified atom stereocenters. The first-order valence-electron chi connectivity index (χ1n) is 18.0. The van der Waals surface area contributed by atoms with E-state index in [0.29, 0.717) is 0 Å². The zero-order valence-corrected chi connectivity index (χ0v) is 32.7. The van der Waals surface area contributed by atoms with Gasteiger partial charge in [0, 0.05) is 20.4 Å². The zero-order chi connectivity index (χ0) is 35.5. The number of benzene rings is 7. The van der Waals surface area contributed by atoms with Crippen LogP contribution in [0, 0.1) is 0 Å². The maximum atomic E-state index is 7.13. The van der Waals surface area contributed by atoms with E-state index in [-0.39, 0.29) is 5.41 Å². The first-order chi connectivity index (χ1) is 25.3. The zero-order valence-electron chi connectivity index (χ0n) is 29.9. The van der Waals surface area contributed by atoms with Crippen molar-refractivity contribution in [3.8, 4) is 28.4 Å². The molecule has 0 fully saturated rings. The van der Waals surface area contributed by atoms with Crippen molar-refractivity contribution in [3.63, 3.8) is 0 Å². The van der Waals surface area contributed by atoms with E-state index in [1.807, 2.05) is 36.0 Å². The van der Waals surface area contributed by atoms with Gasteiger partial charge >= 0.3 is 0 Å². The maximum Gasteiger partial charge on any atom is 0.280 e. The molecule has 7 aromatic rings. The van der Waals surface area contributed by atoms with E-state index in [0.717, 1.165) is 17.2 Å². The van der Waals surface area contributed by atoms with Gasteiger partial charge in [-0.2, -0.15) is 0 Å². The molecular formula is C47H40O2SSi2. The van der Waals surface area contributed by atoms with E-state index in [2.05, 4.69) is 173 Å². The molecule has 2 aliphatic rings. The van der Waals surface area contributed by atoms with E-state index in [1.54, 1.807) is 0 Å². The van der Waals surface area contributed by atoms with Crippen molar-refractivity contribution in [2.75, 3.05) is 0 Å². The van der Waals surface area contributed by atoms with Crippen LogP contribution in [0.1, 0.15) is 25.0 Å². The monoisotopic (exact) mass is 724 g/mol. The summed E-state index contributed by atoms with van der Waals surface area (Å²) in [7, 11) is -5.49. The summed E-state index contributed by atoms with van der Waals surface area (Å²) in [4.78, 5) is 2.67. The van der Waals surface area contributed by atoms with Crippen molar-refractivity contribution >= 4 is 54.1 Å². The summed E-state index contributed by atoms with van der Waals surface area (Å²) in [5, 5.41) is 6.35. The van der Waals surface area contributed by atoms with Crippen molar-refractivity contribution in [3.05, 3.63) is 181 Å².